The van der Waals surface area contributed by atoms with Gasteiger partial charge in [0.05, 0.1) is 24.1 Å². The van der Waals surface area contributed by atoms with E-state index in [9.17, 15) is 5.26 Å². The Balaban J connectivity index is 1.97. The molecule has 0 radical (unpaired) electrons. The Morgan fingerprint density at radius 3 is 2.52 bits per heavy atom. The van der Waals surface area contributed by atoms with Crippen LogP contribution in [0.1, 0.15) is 36.4 Å². The number of methoxy groups -OCH3 is 1. The summed E-state index contributed by atoms with van der Waals surface area (Å²) in [6, 6.07) is 16.5. The van der Waals surface area contributed by atoms with Crippen LogP contribution in [0.4, 0.5) is 0 Å². The van der Waals surface area contributed by atoms with Gasteiger partial charge in [0, 0.05) is 23.1 Å². The normalized spacial score (nSPS) is 13.1. The molecule has 1 atom stereocenters. The van der Waals surface area contributed by atoms with E-state index in [1.165, 1.54) is 0 Å². The van der Waals surface area contributed by atoms with E-state index >= 15 is 0 Å². The fourth-order valence-corrected chi connectivity index (χ4v) is 3.94. The lowest BCUT2D eigenvalue weighted by Gasteiger charge is -2.22. The maximum absolute atomic E-state index is 10.1. The summed E-state index contributed by atoms with van der Waals surface area (Å²) in [6.07, 6.45) is 1.36. The second-order valence-corrected chi connectivity index (χ2v) is 13.8. The van der Waals surface area contributed by atoms with Crippen LogP contribution in [0.2, 0.25) is 19.6 Å². The molecule has 2 aromatic heterocycles. The van der Waals surface area contributed by atoms with E-state index in [2.05, 4.69) is 55.1 Å². The second-order valence-electron chi connectivity index (χ2n) is 9.05. The highest BCUT2D eigenvalue weighted by atomic mass is 28.3. The van der Waals surface area contributed by atoms with Gasteiger partial charge in [-0.3, -0.25) is 0 Å². The van der Waals surface area contributed by atoms with Crippen molar-refractivity contribution in [1.29, 1.82) is 5.26 Å². The van der Waals surface area contributed by atoms with E-state index in [1.807, 2.05) is 43.3 Å². The Kier molecular flexibility index (Phi) is 6.48. The van der Waals surface area contributed by atoms with Gasteiger partial charge >= 0.3 is 0 Å². The minimum Gasteiger partial charge on any atom is -0.481 e. The fraction of sp³-hybridized carbons (Fsp3) is 0.346. The molecular formula is C26H29N3OSi. The van der Waals surface area contributed by atoms with Crippen LogP contribution < -0.4 is 4.74 Å². The number of benzene rings is 1. The summed E-state index contributed by atoms with van der Waals surface area (Å²) in [5.41, 5.74) is 7.07. The Hall–Kier alpha value is -3.15. The summed E-state index contributed by atoms with van der Waals surface area (Å²) in [5.74, 6) is 3.85. The zero-order valence-electron chi connectivity index (χ0n) is 19.2. The van der Waals surface area contributed by atoms with E-state index in [0.717, 1.165) is 39.8 Å². The minimum atomic E-state index is -1.48. The molecule has 4 nitrogen and oxygen atoms in total. The number of pyridine rings is 2. The summed E-state index contributed by atoms with van der Waals surface area (Å²) in [4.78, 5) is 9.39. The van der Waals surface area contributed by atoms with Gasteiger partial charge in [-0.2, -0.15) is 5.26 Å². The molecule has 0 aliphatic carbocycles. The Bertz CT molecular complexity index is 1210. The topological polar surface area (TPSA) is 58.8 Å². The van der Waals surface area contributed by atoms with E-state index in [4.69, 9.17) is 9.72 Å². The lowest BCUT2D eigenvalue weighted by atomic mass is 9.79. The SMILES string of the molecule is CCc1cc2ccc(C(C)(C#N)Cc3cccc(C#C[Si](C)(C)C)n3)cc2nc1OC. The van der Waals surface area contributed by atoms with E-state index in [1.54, 1.807) is 7.11 Å². The molecule has 158 valence electrons. The molecule has 1 aromatic carbocycles. The molecule has 0 bridgehead atoms. The summed E-state index contributed by atoms with van der Waals surface area (Å²) in [5, 5.41) is 11.1. The van der Waals surface area contributed by atoms with Crippen LogP contribution in [-0.2, 0) is 18.3 Å². The molecule has 0 aliphatic heterocycles. The molecule has 3 rings (SSSR count). The van der Waals surface area contributed by atoms with Crippen molar-refractivity contribution in [1.82, 2.24) is 9.97 Å². The van der Waals surface area contributed by atoms with Gasteiger partial charge in [-0.25, -0.2) is 9.97 Å². The predicted molar refractivity (Wildman–Crippen MR) is 129 cm³/mol. The van der Waals surface area contributed by atoms with Crippen LogP contribution in [0.25, 0.3) is 10.9 Å². The largest absolute Gasteiger partial charge is 0.481 e. The van der Waals surface area contributed by atoms with Crippen LogP contribution in [0, 0.1) is 22.8 Å². The molecule has 0 aliphatic rings. The zero-order chi connectivity index (χ0) is 22.6. The molecule has 0 N–H and O–H groups in total. The van der Waals surface area contributed by atoms with Gasteiger partial charge < -0.3 is 4.74 Å². The van der Waals surface area contributed by atoms with Gasteiger partial charge in [0.15, 0.2) is 0 Å². The molecule has 1 unspecified atom stereocenters. The van der Waals surface area contributed by atoms with Crippen molar-refractivity contribution in [3.63, 3.8) is 0 Å². The third-order valence-electron chi connectivity index (χ3n) is 5.22. The van der Waals surface area contributed by atoms with Gasteiger partial charge in [0.1, 0.15) is 13.8 Å². The number of nitriles is 1. The van der Waals surface area contributed by atoms with Crippen LogP contribution in [-0.4, -0.2) is 25.2 Å². The van der Waals surface area contributed by atoms with Gasteiger partial charge in [0.2, 0.25) is 5.88 Å². The van der Waals surface area contributed by atoms with Crippen molar-refractivity contribution in [2.45, 2.75) is 51.7 Å². The van der Waals surface area contributed by atoms with Crippen molar-refractivity contribution in [2.24, 2.45) is 0 Å². The molecular weight excluding hydrogens is 398 g/mol. The maximum atomic E-state index is 10.1. The smallest absolute Gasteiger partial charge is 0.216 e. The molecule has 0 fully saturated rings. The van der Waals surface area contributed by atoms with Gasteiger partial charge in [-0.1, -0.05) is 50.7 Å². The summed E-state index contributed by atoms with van der Waals surface area (Å²) < 4.78 is 5.46. The standard InChI is InChI=1S/C26H29N3OSi/c1-7-19-15-20-11-12-21(16-24(20)29-25(19)30-3)26(2,18-27)17-23-10-8-9-22(28-23)13-14-31(4,5)6/h8-12,15-16H,7,17H2,1-6H3. The van der Waals surface area contributed by atoms with E-state index in [-0.39, 0.29) is 0 Å². The number of ether oxygens (including phenoxy) is 1. The van der Waals surface area contributed by atoms with Crippen LogP contribution in [0.5, 0.6) is 5.88 Å². The molecule has 0 saturated carbocycles. The Morgan fingerprint density at radius 1 is 1.10 bits per heavy atom. The molecule has 31 heavy (non-hydrogen) atoms. The van der Waals surface area contributed by atoms with Crippen LogP contribution in [0.3, 0.4) is 0 Å². The van der Waals surface area contributed by atoms with Gasteiger partial charge in [-0.15, -0.1) is 5.54 Å². The number of rotatable bonds is 5. The minimum absolute atomic E-state index is 0.502. The third kappa shape index (κ3) is 5.31. The second kappa shape index (κ2) is 8.92. The zero-order valence-corrected chi connectivity index (χ0v) is 20.2. The van der Waals surface area contributed by atoms with E-state index < -0.39 is 13.5 Å². The quantitative estimate of drug-likeness (QED) is 0.401. The highest BCUT2D eigenvalue weighted by Crippen LogP contribution is 2.31. The van der Waals surface area contributed by atoms with Gasteiger partial charge in [0.25, 0.3) is 0 Å². The number of nitrogens with zero attached hydrogens (tertiary/aromatic N) is 3. The number of fused-ring (bicyclic) bond motifs is 1. The highest BCUT2D eigenvalue weighted by Gasteiger charge is 2.28. The Morgan fingerprint density at radius 2 is 1.87 bits per heavy atom. The average Bonchev–Trinajstić information content (AvgIpc) is 2.76. The number of aryl methyl sites for hydroxylation is 1. The van der Waals surface area contributed by atoms with Gasteiger partial charge in [-0.05, 0) is 43.2 Å². The van der Waals surface area contributed by atoms with Crippen molar-refractivity contribution >= 4 is 19.0 Å². The van der Waals surface area contributed by atoms with Crippen LogP contribution in [0.15, 0.2) is 42.5 Å². The van der Waals surface area contributed by atoms with Crippen molar-refractivity contribution in [3.8, 4) is 23.4 Å². The molecule has 3 aromatic rings. The summed E-state index contributed by atoms with van der Waals surface area (Å²) >= 11 is 0. The van der Waals surface area contributed by atoms with Crippen LogP contribution >= 0.6 is 0 Å². The number of aromatic nitrogens is 2. The number of hydrogen-bond acceptors (Lipinski definition) is 4. The molecule has 5 heteroatoms. The van der Waals surface area contributed by atoms with E-state index in [0.29, 0.717) is 12.3 Å². The molecule has 0 spiro atoms. The molecule has 0 saturated heterocycles. The van der Waals surface area contributed by atoms with Crippen molar-refractivity contribution < 1.29 is 4.74 Å². The monoisotopic (exact) mass is 427 g/mol. The predicted octanol–water partition coefficient (Wildman–Crippen LogP) is 5.45. The highest BCUT2D eigenvalue weighted by molar-refractivity contribution is 6.83. The lowest BCUT2D eigenvalue weighted by molar-refractivity contribution is 0.395. The maximum Gasteiger partial charge on any atom is 0.216 e. The first-order valence-corrected chi connectivity index (χ1v) is 14.1. The third-order valence-corrected chi connectivity index (χ3v) is 6.10. The fourth-order valence-electron chi connectivity index (χ4n) is 3.43. The first kappa shape index (κ1) is 22.5. The average molecular weight is 428 g/mol. The first-order chi connectivity index (χ1) is 14.7. The lowest BCUT2D eigenvalue weighted by Crippen LogP contribution is -2.23. The first-order valence-electron chi connectivity index (χ1n) is 10.6. The molecule has 0 amide bonds. The summed E-state index contributed by atoms with van der Waals surface area (Å²) in [6.45, 7) is 10.7. The summed E-state index contributed by atoms with van der Waals surface area (Å²) in [7, 11) is 0.164. The van der Waals surface area contributed by atoms with Crippen molar-refractivity contribution in [3.05, 3.63) is 65.0 Å². The Labute approximate surface area is 186 Å². The molecule has 2 heterocycles. The van der Waals surface area contributed by atoms with Crippen molar-refractivity contribution in [2.75, 3.05) is 7.11 Å². The number of hydrogen-bond donors (Lipinski definition) is 0.